The maximum absolute atomic E-state index is 11.9. The number of carbonyl (C=O) groups is 2. The molecule has 2 heterocycles. The maximum atomic E-state index is 11.9. The van der Waals surface area contributed by atoms with Crippen molar-refractivity contribution in [2.45, 2.75) is 44.9 Å². The van der Waals surface area contributed by atoms with Crippen molar-refractivity contribution >= 4 is 11.9 Å². The number of carbonyl (C=O) groups excluding carboxylic acids is 1. The largest absolute Gasteiger partial charge is 0.480 e. The number of aliphatic carboxylic acids is 1. The average Bonchev–Trinajstić information content (AvgIpc) is 2.54. The molecule has 1 amide bonds. The Bertz CT molecular complexity index is 481. The van der Waals surface area contributed by atoms with Crippen LogP contribution in [0.4, 0.5) is 0 Å². The van der Waals surface area contributed by atoms with Crippen molar-refractivity contribution in [2.24, 2.45) is 11.3 Å². The van der Waals surface area contributed by atoms with Crippen molar-refractivity contribution in [3.8, 4) is 0 Å². The second-order valence-electron chi connectivity index (χ2n) is 7.59. The van der Waals surface area contributed by atoms with Gasteiger partial charge < -0.3 is 14.9 Å². The first-order valence-electron chi connectivity index (χ1n) is 8.93. The number of rotatable bonds is 4. The van der Waals surface area contributed by atoms with Crippen molar-refractivity contribution in [1.29, 1.82) is 0 Å². The van der Waals surface area contributed by atoms with E-state index < -0.39 is 5.97 Å². The minimum atomic E-state index is -0.904. The molecule has 2 saturated heterocycles. The molecule has 1 aliphatic carbocycles. The summed E-state index contributed by atoms with van der Waals surface area (Å²) in [6, 6.07) is 0. The molecule has 0 saturated carbocycles. The van der Waals surface area contributed by atoms with Gasteiger partial charge in [-0.15, -0.1) is 0 Å². The lowest BCUT2D eigenvalue weighted by molar-refractivity contribution is -0.149. The van der Waals surface area contributed by atoms with E-state index in [9.17, 15) is 9.59 Å². The van der Waals surface area contributed by atoms with Gasteiger partial charge >= 0.3 is 5.97 Å². The zero-order chi connectivity index (χ0) is 16.3. The second kappa shape index (κ2) is 7.04. The lowest BCUT2D eigenvalue weighted by atomic mass is 9.72. The number of likely N-dealkylation sites (tertiary alicyclic amines) is 2. The van der Waals surface area contributed by atoms with E-state index in [0.29, 0.717) is 13.0 Å². The smallest absolute Gasteiger partial charge is 0.323 e. The third kappa shape index (κ3) is 4.14. The number of piperidine rings is 2. The van der Waals surface area contributed by atoms with Crippen LogP contribution in [0.1, 0.15) is 44.9 Å². The third-order valence-electron chi connectivity index (χ3n) is 5.89. The number of carboxylic acids is 1. The summed E-state index contributed by atoms with van der Waals surface area (Å²) in [5, 5.41) is 8.99. The summed E-state index contributed by atoms with van der Waals surface area (Å²) in [6.07, 6.45) is 12.0. The summed E-state index contributed by atoms with van der Waals surface area (Å²) in [5.41, 5.74) is 0.159. The molecular weight excluding hydrogens is 292 g/mol. The number of amides is 1. The normalized spacial score (nSPS) is 28.3. The van der Waals surface area contributed by atoms with Gasteiger partial charge in [-0.25, -0.2) is 0 Å². The molecule has 5 nitrogen and oxygen atoms in total. The van der Waals surface area contributed by atoms with Crippen LogP contribution < -0.4 is 0 Å². The Balaban J connectivity index is 1.51. The van der Waals surface area contributed by atoms with Crippen LogP contribution in [0, 0.1) is 11.3 Å². The second-order valence-corrected chi connectivity index (χ2v) is 7.59. The van der Waals surface area contributed by atoms with Crippen molar-refractivity contribution in [2.75, 3.05) is 32.7 Å². The summed E-state index contributed by atoms with van der Waals surface area (Å²) < 4.78 is 0. The molecule has 2 aliphatic heterocycles. The Morgan fingerprint density at radius 2 is 2.04 bits per heavy atom. The van der Waals surface area contributed by atoms with Gasteiger partial charge in [-0.05, 0) is 62.9 Å². The van der Waals surface area contributed by atoms with E-state index in [4.69, 9.17) is 5.11 Å². The first-order valence-corrected chi connectivity index (χ1v) is 8.93. The van der Waals surface area contributed by atoms with Crippen molar-refractivity contribution in [3.05, 3.63) is 12.2 Å². The van der Waals surface area contributed by atoms with E-state index in [1.807, 2.05) is 0 Å². The molecule has 0 radical (unpaired) electrons. The van der Waals surface area contributed by atoms with Gasteiger partial charge in [0.05, 0.1) is 0 Å². The van der Waals surface area contributed by atoms with Gasteiger partial charge in [-0.1, -0.05) is 12.2 Å². The lowest BCUT2D eigenvalue weighted by Gasteiger charge is -2.47. The summed E-state index contributed by atoms with van der Waals surface area (Å²) in [5.74, 6) is -0.0990. The molecule has 0 aromatic rings. The zero-order valence-electron chi connectivity index (χ0n) is 13.9. The van der Waals surface area contributed by atoms with Crippen molar-refractivity contribution in [1.82, 2.24) is 9.80 Å². The molecule has 2 fully saturated rings. The van der Waals surface area contributed by atoms with Gasteiger partial charge in [0.15, 0.2) is 0 Å². The van der Waals surface area contributed by atoms with Crippen LogP contribution >= 0.6 is 0 Å². The Hall–Kier alpha value is -1.36. The fraction of sp³-hybridized carbons (Fsp3) is 0.778. The molecule has 3 aliphatic rings. The first kappa shape index (κ1) is 16.5. The molecule has 3 rings (SSSR count). The topological polar surface area (TPSA) is 60.9 Å². The standard InChI is InChI=1S/C18H28N2O3/c21-16-6-7-18(14-20(16)13-17(22)23)8-10-19(11-9-18)12-15-4-2-1-3-5-15/h1-2,15H,3-14H2,(H,22,23)/t15-/m0/s1. The van der Waals surface area contributed by atoms with Gasteiger partial charge in [0.25, 0.3) is 0 Å². The molecule has 128 valence electrons. The average molecular weight is 320 g/mol. The maximum Gasteiger partial charge on any atom is 0.323 e. The van der Waals surface area contributed by atoms with Gasteiger partial charge in [0, 0.05) is 19.5 Å². The lowest BCUT2D eigenvalue weighted by Crippen LogP contribution is -2.53. The Morgan fingerprint density at radius 3 is 2.70 bits per heavy atom. The van der Waals surface area contributed by atoms with Crippen LogP contribution in [0.2, 0.25) is 0 Å². The molecule has 5 heteroatoms. The Labute approximate surface area is 138 Å². The van der Waals surface area contributed by atoms with Crippen LogP contribution in [0.15, 0.2) is 12.2 Å². The SMILES string of the molecule is O=C(O)CN1CC2(CCC1=O)CCN(C[C@H]1CC=CCC1)CC2. The fourth-order valence-electron chi connectivity index (χ4n) is 4.42. The molecule has 0 aromatic carbocycles. The molecule has 1 spiro atoms. The highest BCUT2D eigenvalue weighted by Gasteiger charge is 2.41. The summed E-state index contributed by atoms with van der Waals surface area (Å²) in [7, 11) is 0. The summed E-state index contributed by atoms with van der Waals surface area (Å²) >= 11 is 0. The number of carboxylic acid groups (broad SMARTS) is 1. The highest BCUT2D eigenvalue weighted by Crippen LogP contribution is 2.40. The zero-order valence-corrected chi connectivity index (χ0v) is 13.9. The molecule has 1 N–H and O–H groups in total. The minimum Gasteiger partial charge on any atom is -0.480 e. The Morgan fingerprint density at radius 1 is 1.26 bits per heavy atom. The predicted molar refractivity (Wildman–Crippen MR) is 88.0 cm³/mol. The fourth-order valence-corrected chi connectivity index (χ4v) is 4.42. The number of hydrogen-bond donors (Lipinski definition) is 1. The molecular formula is C18H28N2O3. The van der Waals surface area contributed by atoms with Crippen LogP contribution in [0.5, 0.6) is 0 Å². The number of allylic oxidation sites excluding steroid dienone is 2. The number of hydrogen-bond acceptors (Lipinski definition) is 3. The van der Waals surface area contributed by atoms with Crippen molar-refractivity contribution in [3.63, 3.8) is 0 Å². The summed E-state index contributed by atoms with van der Waals surface area (Å²) in [6.45, 7) is 3.87. The van der Waals surface area contributed by atoms with Gasteiger partial charge in [-0.3, -0.25) is 9.59 Å². The van der Waals surface area contributed by atoms with Crippen molar-refractivity contribution < 1.29 is 14.7 Å². The molecule has 0 bridgehead atoms. The van der Waals surface area contributed by atoms with E-state index in [1.165, 1.54) is 25.8 Å². The van der Waals surface area contributed by atoms with Crippen LogP contribution in [-0.2, 0) is 9.59 Å². The van der Waals surface area contributed by atoms with Gasteiger partial charge in [0.2, 0.25) is 5.91 Å². The van der Waals surface area contributed by atoms with E-state index in [2.05, 4.69) is 17.1 Å². The first-order chi connectivity index (χ1) is 11.1. The molecule has 1 atom stereocenters. The van der Waals surface area contributed by atoms with E-state index in [1.54, 1.807) is 4.90 Å². The third-order valence-corrected chi connectivity index (χ3v) is 5.89. The van der Waals surface area contributed by atoms with E-state index in [-0.39, 0.29) is 17.9 Å². The number of nitrogens with zero attached hydrogens (tertiary/aromatic N) is 2. The van der Waals surface area contributed by atoms with E-state index >= 15 is 0 Å². The molecule has 0 unspecified atom stereocenters. The van der Waals surface area contributed by atoms with E-state index in [0.717, 1.165) is 38.3 Å². The minimum absolute atomic E-state index is 0.00875. The van der Waals surface area contributed by atoms with Gasteiger partial charge in [-0.2, -0.15) is 0 Å². The monoisotopic (exact) mass is 320 g/mol. The highest BCUT2D eigenvalue weighted by molar-refractivity contribution is 5.82. The molecule has 0 aromatic heterocycles. The van der Waals surface area contributed by atoms with Crippen LogP contribution in [-0.4, -0.2) is 59.5 Å². The molecule has 23 heavy (non-hydrogen) atoms. The Kier molecular flexibility index (Phi) is 5.05. The van der Waals surface area contributed by atoms with Gasteiger partial charge in [0.1, 0.15) is 6.54 Å². The predicted octanol–water partition coefficient (Wildman–Crippen LogP) is 2.13. The quantitative estimate of drug-likeness (QED) is 0.806. The highest BCUT2D eigenvalue weighted by atomic mass is 16.4. The van der Waals surface area contributed by atoms with Crippen LogP contribution in [0.3, 0.4) is 0 Å². The van der Waals surface area contributed by atoms with Crippen LogP contribution in [0.25, 0.3) is 0 Å². The summed E-state index contributed by atoms with van der Waals surface area (Å²) in [4.78, 5) is 27.0.